The predicted molar refractivity (Wildman–Crippen MR) is 95.1 cm³/mol. The first kappa shape index (κ1) is 16.2. The summed E-state index contributed by atoms with van der Waals surface area (Å²) in [5.74, 6) is 0. The maximum absolute atomic E-state index is 6.06. The van der Waals surface area contributed by atoms with Gasteiger partial charge in [0.15, 0.2) is 0 Å². The highest BCUT2D eigenvalue weighted by Crippen LogP contribution is 2.42. The Hall–Kier alpha value is -1.64. The smallest absolute Gasteiger partial charge is 0.145 e. The monoisotopic (exact) mass is 310 g/mol. The highest BCUT2D eigenvalue weighted by Gasteiger charge is 2.41. The summed E-state index contributed by atoms with van der Waals surface area (Å²) >= 11 is 0. The van der Waals surface area contributed by atoms with Crippen LogP contribution in [0.4, 0.5) is 0 Å². The van der Waals surface area contributed by atoms with Crippen molar-refractivity contribution in [3.05, 3.63) is 71.8 Å². The van der Waals surface area contributed by atoms with Crippen LogP contribution < -0.4 is 0 Å². The summed E-state index contributed by atoms with van der Waals surface area (Å²) < 4.78 is 7.12. The van der Waals surface area contributed by atoms with Crippen LogP contribution in [0.2, 0.25) is 0 Å². The number of hydrogen-bond acceptors (Lipinski definition) is 1. The molecule has 23 heavy (non-hydrogen) atoms. The molecule has 2 heteroatoms. The Morgan fingerprint density at radius 3 is 1.83 bits per heavy atom. The number of nitrogens with zero attached hydrogens (tertiary/aromatic N) is 1. The lowest BCUT2D eigenvalue weighted by Gasteiger charge is -2.47. The zero-order valence-electron chi connectivity index (χ0n) is 14.3. The van der Waals surface area contributed by atoms with Crippen LogP contribution in [0.25, 0.3) is 0 Å². The van der Waals surface area contributed by atoms with Gasteiger partial charge in [0, 0.05) is 12.7 Å². The summed E-state index contributed by atoms with van der Waals surface area (Å²) in [6, 6.07) is 21.9. The van der Waals surface area contributed by atoms with Gasteiger partial charge < -0.3 is 9.22 Å². The fraction of sp³-hybridized carbons (Fsp3) is 0.429. The van der Waals surface area contributed by atoms with Crippen molar-refractivity contribution in [3.63, 3.8) is 0 Å². The van der Waals surface area contributed by atoms with Crippen molar-refractivity contribution in [2.24, 2.45) is 0 Å². The van der Waals surface area contributed by atoms with Gasteiger partial charge in [-0.2, -0.15) is 0 Å². The van der Waals surface area contributed by atoms with Gasteiger partial charge in [0.25, 0.3) is 0 Å². The van der Waals surface area contributed by atoms with Crippen molar-refractivity contribution in [2.75, 3.05) is 27.2 Å². The third kappa shape index (κ3) is 3.49. The quantitative estimate of drug-likeness (QED) is 0.724. The van der Waals surface area contributed by atoms with E-state index in [1.807, 2.05) is 7.11 Å². The minimum atomic E-state index is 0.0849. The third-order valence-corrected chi connectivity index (χ3v) is 5.32. The molecule has 0 saturated carbocycles. The number of methoxy groups -OCH3 is 1. The molecule has 1 aliphatic heterocycles. The lowest BCUT2D eigenvalue weighted by atomic mass is 9.90. The Labute approximate surface area is 140 Å². The maximum atomic E-state index is 6.06. The third-order valence-electron chi connectivity index (χ3n) is 5.32. The Kier molecular flexibility index (Phi) is 5.14. The first-order chi connectivity index (χ1) is 11.2. The molecule has 1 saturated heterocycles. The Morgan fingerprint density at radius 2 is 1.30 bits per heavy atom. The van der Waals surface area contributed by atoms with Crippen molar-refractivity contribution in [3.8, 4) is 0 Å². The molecule has 1 fully saturated rings. The van der Waals surface area contributed by atoms with Crippen LogP contribution in [0.1, 0.15) is 42.5 Å². The SMILES string of the molecule is COC(c1ccccc1)C(c1ccccc1)[N+]1(C)CCCCC1. The molecule has 0 spiro atoms. The minimum Gasteiger partial charge on any atom is -0.370 e. The van der Waals surface area contributed by atoms with Crippen LogP contribution in [0.15, 0.2) is 60.7 Å². The van der Waals surface area contributed by atoms with Crippen molar-refractivity contribution in [1.82, 2.24) is 0 Å². The standard InChI is InChI=1S/C21H28NO/c1-22(16-10-5-11-17-22)20(18-12-6-3-7-13-18)21(23-2)19-14-8-4-9-15-19/h3-4,6-9,12-15,20-21H,5,10-11,16-17H2,1-2H3/q+1. The molecule has 1 aliphatic rings. The maximum Gasteiger partial charge on any atom is 0.145 e. The van der Waals surface area contributed by atoms with Crippen LogP contribution in [0, 0.1) is 0 Å². The molecule has 0 aliphatic carbocycles. The van der Waals surface area contributed by atoms with E-state index in [0.717, 1.165) is 4.48 Å². The van der Waals surface area contributed by atoms with Gasteiger partial charge in [-0.3, -0.25) is 0 Å². The normalized spacial score (nSPS) is 19.9. The second-order valence-corrected chi connectivity index (χ2v) is 6.91. The second kappa shape index (κ2) is 7.29. The molecule has 0 bridgehead atoms. The number of quaternary nitrogens is 1. The summed E-state index contributed by atoms with van der Waals surface area (Å²) in [5.41, 5.74) is 2.65. The van der Waals surface area contributed by atoms with Crippen LogP contribution in [-0.4, -0.2) is 31.7 Å². The lowest BCUT2D eigenvalue weighted by Crippen LogP contribution is -2.52. The molecule has 0 aromatic heterocycles. The van der Waals surface area contributed by atoms with E-state index in [0.29, 0.717) is 6.04 Å². The van der Waals surface area contributed by atoms with Crippen LogP contribution in [0.5, 0.6) is 0 Å². The summed E-state index contributed by atoms with van der Waals surface area (Å²) in [5, 5.41) is 0. The molecule has 122 valence electrons. The molecule has 3 rings (SSSR count). The van der Waals surface area contributed by atoms with Crippen molar-refractivity contribution in [1.29, 1.82) is 0 Å². The fourth-order valence-electron chi connectivity index (χ4n) is 4.11. The second-order valence-electron chi connectivity index (χ2n) is 6.91. The van der Waals surface area contributed by atoms with Gasteiger partial charge in [-0.05, 0) is 24.8 Å². The van der Waals surface area contributed by atoms with Gasteiger partial charge in [-0.25, -0.2) is 0 Å². The van der Waals surface area contributed by atoms with E-state index < -0.39 is 0 Å². The van der Waals surface area contributed by atoms with E-state index in [9.17, 15) is 0 Å². The molecule has 0 N–H and O–H groups in total. The number of hydrogen-bond donors (Lipinski definition) is 0. The molecule has 1 heterocycles. The first-order valence-corrected chi connectivity index (χ1v) is 8.71. The summed E-state index contributed by atoms with van der Waals surface area (Å²) in [7, 11) is 4.26. The Morgan fingerprint density at radius 1 is 0.783 bits per heavy atom. The fourth-order valence-corrected chi connectivity index (χ4v) is 4.11. The highest BCUT2D eigenvalue weighted by atomic mass is 16.5. The number of likely N-dealkylation sites (N-methyl/N-ethyl adjacent to an activating group) is 1. The number of piperidine rings is 1. The van der Waals surface area contributed by atoms with E-state index in [-0.39, 0.29) is 6.10 Å². The molecule has 2 aromatic rings. The topological polar surface area (TPSA) is 9.23 Å². The van der Waals surface area contributed by atoms with Crippen LogP contribution in [0.3, 0.4) is 0 Å². The average molecular weight is 310 g/mol. The summed E-state index contributed by atoms with van der Waals surface area (Å²) in [6.45, 7) is 2.46. The molecule has 2 aromatic carbocycles. The zero-order chi connectivity index (χ0) is 16.1. The summed E-state index contributed by atoms with van der Waals surface area (Å²) in [4.78, 5) is 0. The molecule has 2 nitrogen and oxygen atoms in total. The first-order valence-electron chi connectivity index (χ1n) is 8.71. The minimum absolute atomic E-state index is 0.0849. The van der Waals surface area contributed by atoms with Gasteiger partial charge in [0.1, 0.15) is 12.1 Å². The molecule has 0 amide bonds. The highest BCUT2D eigenvalue weighted by molar-refractivity contribution is 5.25. The van der Waals surface area contributed by atoms with E-state index in [4.69, 9.17) is 4.74 Å². The van der Waals surface area contributed by atoms with E-state index in [2.05, 4.69) is 67.7 Å². The molecular weight excluding hydrogens is 282 g/mol. The van der Waals surface area contributed by atoms with Gasteiger partial charge in [-0.1, -0.05) is 60.7 Å². The van der Waals surface area contributed by atoms with Crippen molar-refractivity contribution >= 4 is 0 Å². The van der Waals surface area contributed by atoms with Gasteiger partial charge >= 0.3 is 0 Å². The molecule has 2 unspecified atom stereocenters. The largest absolute Gasteiger partial charge is 0.370 e. The number of benzene rings is 2. The van der Waals surface area contributed by atoms with Crippen LogP contribution >= 0.6 is 0 Å². The van der Waals surface area contributed by atoms with Gasteiger partial charge in [-0.15, -0.1) is 0 Å². The van der Waals surface area contributed by atoms with Crippen molar-refractivity contribution in [2.45, 2.75) is 31.4 Å². The average Bonchev–Trinajstić information content (AvgIpc) is 2.61. The number of ether oxygens (including phenoxy) is 1. The zero-order valence-corrected chi connectivity index (χ0v) is 14.3. The molecule has 2 atom stereocenters. The molecular formula is C21H28NO+. The van der Waals surface area contributed by atoms with E-state index in [1.165, 1.54) is 43.5 Å². The molecule has 0 radical (unpaired) electrons. The van der Waals surface area contributed by atoms with E-state index >= 15 is 0 Å². The van der Waals surface area contributed by atoms with Crippen molar-refractivity contribution < 1.29 is 9.22 Å². The lowest BCUT2D eigenvalue weighted by molar-refractivity contribution is -0.948. The van der Waals surface area contributed by atoms with Gasteiger partial charge in [0.05, 0.1) is 20.1 Å². The van der Waals surface area contributed by atoms with E-state index in [1.54, 1.807) is 0 Å². The number of likely N-dealkylation sites (tertiary alicyclic amines) is 1. The van der Waals surface area contributed by atoms with Gasteiger partial charge in [0.2, 0.25) is 0 Å². The predicted octanol–water partition coefficient (Wildman–Crippen LogP) is 4.75. The van der Waals surface area contributed by atoms with Crippen LogP contribution in [-0.2, 0) is 4.74 Å². The summed E-state index contributed by atoms with van der Waals surface area (Å²) in [6.07, 6.45) is 4.07. The Bertz CT molecular complexity index is 590. The Balaban J connectivity index is 2.04. The number of rotatable bonds is 5.